The van der Waals surface area contributed by atoms with Crippen LogP contribution >= 0.6 is 0 Å². The molecule has 0 spiro atoms. The highest BCUT2D eigenvalue weighted by Gasteiger charge is 2.49. The van der Waals surface area contributed by atoms with Gasteiger partial charge in [-0.15, -0.1) is 0 Å². The van der Waals surface area contributed by atoms with Gasteiger partial charge in [0.15, 0.2) is 0 Å². The van der Waals surface area contributed by atoms with Crippen LogP contribution in [0, 0.1) is 6.92 Å². The van der Waals surface area contributed by atoms with Crippen molar-refractivity contribution < 1.29 is 45.8 Å². The normalized spacial score (nSPS) is 20.2. The van der Waals surface area contributed by atoms with Crippen molar-refractivity contribution in [1.82, 2.24) is 10.2 Å². The van der Waals surface area contributed by atoms with Crippen LogP contribution in [-0.2, 0) is 23.6 Å². The van der Waals surface area contributed by atoms with Crippen LogP contribution in [0.5, 0.6) is 5.75 Å². The average Bonchev–Trinajstić information content (AvgIpc) is 3.51. The Morgan fingerprint density at radius 2 is 1.67 bits per heavy atom. The first-order chi connectivity index (χ1) is 20.2. The average molecular weight is 607 g/mol. The van der Waals surface area contributed by atoms with Crippen LogP contribution in [0.15, 0.2) is 54.6 Å². The van der Waals surface area contributed by atoms with Gasteiger partial charge in [0.1, 0.15) is 5.75 Å². The molecular weight excluding hydrogens is 578 g/mol. The Kier molecular flexibility index (Phi) is 7.82. The van der Waals surface area contributed by atoms with Crippen molar-refractivity contribution in [3.8, 4) is 16.9 Å². The van der Waals surface area contributed by atoms with Crippen molar-refractivity contribution in [1.29, 1.82) is 0 Å². The van der Waals surface area contributed by atoms with E-state index in [4.69, 9.17) is 9.84 Å². The second kappa shape index (κ2) is 11.1. The molecule has 0 unspecified atom stereocenters. The second-order valence-electron chi connectivity index (χ2n) is 10.9. The van der Waals surface area contributed by atoms with Gasteiger partial charge in [-0.2, -0.15) is 26.3 Å². The fourth-order valence-electron chi connectivity index (χ4n) is 6.16. The molecule has 0 aromatic heterocycles. The number of carbonyl (C=O) groups is 2. The molecule has 0 radical (unpaired) electrons. The van der Waals surface area contributed by atoms with Crippen LogP contribution in [0.1, 0.15) is 64.7 Å². The molecule has 3 atom stereocenters. The number of nitrogens with one attached hydrogen (secondary N) is 1. The molecule has 3 aromatic carbocycles. The number of aryl methyl sites for hydroxylation is 2. The molecule has 2 saturated heterocycles. The predicted molar refractivity (Wildman–Crippen MR) is 144 cm³/mol. The van der Waals surface area contributed by atoms with Crippen LogP contribution in [0.2, 0.25) is 0 Å². The molecule has 5 rings (SSSR count). The number of methoxy groups -OCH3 is 1. The number of urea groups is 1. The topological polar surface area (TPSA) is 78.9 Å². The molecule has 6 nitrogen and oxygen atoms in total. The monoisotopic (exact) mass is 606 g/mol. The van der Waals surface area contributed by atoms with Gasteiger partial charge < -0.3 is 20.1 Å². The third-order valence-electron chi connectivity index (χ3n) is 8.03. The molecule has 2 heterocycles. The summed E-state index contributed by atoms with van der Waals surface area (Å²) in [5, 5.41) is 11.9. The first kappa shape index (κ1) is 30.2. The Morgan fingerprint density at radius 3 is 2.33 bits per heavy atom. The van der Waals surface area contributed by atoms with E-state index in [1.165, 1.54) is 25.0 Å². The molecule has 2 aliphatic rings. The number of rotatable bonds is 7. The Bertz CT molecular complexity index is 1570. The molecule has 3 aromatic rings. The molecule has 2 amide bonds. The molecule has 0 saturated carbocycles. The summed E-state index contributed by atoms with van der Waals surface area (Å²) >= 11 is 0. The molecule has 228 valence electrons. The van der Waals surface area contributed by atoms with E-state index in [0.717, 1.165) is 24.3 Å². The lowest BCUT2D eigenvalue weighted by atomic mass is 9.90. The number of halogens is 6. The van der Waals surface area contributed by atoms with E-state index in [1.54, 1.807) is 24.3 Å². The quantitative estimate of drug-likeness (QED) is 0.270. The Hall–Kier alpha value is -4.22. The summed E-state index contributed by atoms with van der Waals surface area (Å²) in [4.78, 5) is 25.9. The number of ether oxygens (including phenoxy) is 1. The number of benzene rings is 3. The van der Waals surface area contributed by atoms with Crippen molar-refractivity contribution in [3.63, 3.8) is 0 Å². The van der Waals surface area contributed by atoms with E-state index >= 15 is 0 Å². The summed E-state index contributed by atoms with van der Waals surface area (Å²) in [5.74, 6) is -0.659. The molecule has 2 aliphatic heterocycles. The minimum Gasteiger partial charge on any atom is -0.496 e. The molecule has 2 N–H and O–H groups in total. The first-order valence-corrected chi connectivity index (χ1v) is 13.5. The molecule has 2 fully saturated rings. The van der Waals surface area contributed by atoms with E-state index in [0.29, 0.717) is 34.4 Å². The van der Waals surface area contributed by atoms with E-state index in [9.17, 15) is 35.9 Å². The molecule has 12 heteroatoms. The van der Waals surface area contributed by atoms with Crippen molar-refractivity contribution >= 4 is 12.0 Å². The van der Waals surface area contributed by atoms with Crippen LogP contribution in [0.4, 0.5) is 31.1 Å². The molecule has 43 heavy (non-hydrogen) atoms. The summed E-state index contributed by atoms with van der Waals surface area (Å²) in [7, 11) is 1.40. The number of carboxylic acids is 1. The molecule has 0 aliphatic carbocycles. The summed E-state index contributed by atoms with van der Waals surface area (Å²) < 4.78 is 87.9. The number of alkyl halides is 6. The zero-order valence-electron chi connectivity index (χ0n) is 23.1. The number of hydrogen-bond acceptors (Lipinski definition) is 3. The highest BCUT2D eigenvalue weighted by Crippen LogP contribution is 2.49. The maximum absolute atomic E-state index is 13.9. The molecule has 0 bridgehead atoms. The van der Waals surface area contributed by atoms with Crippen LogP contribution in [0.25, 0.3) is 11.1 Å². The van der Waals surface area contributed by atoms with Crippen LogP contribution in [0.3, 0.4) is 0 Å². The number of carboxylic acid groups (broad SMARTS) is 1. The first-order valence-electron chi connectivity index (χ1n) is 13.5. The highest BCUT2D eigenvalue weighted by atomic mass is 19.4. The lowest BCUT2D eigenvalue weighted by molar-refractivity contribution is -0.138. The van der Waals surface area contributed by atoms with Crippen molar-refractivity contribution in [2.24, 2.45) is 0 Å². The van der Waals surface area contributed by atoms with Crippen LogP contribution in [-0.4, -0.2) is 35.2 Å². The Morgan fingerprint density at radius 1 is 0.953 bits per heavy atom. The zero-order chi connectivity index (χ0) is 31.3. The maximum Gasteiger partial charge on any atom is 0.416 e. The van der Waals surface area contributed by atoms with E-state index in [1.807, 2.05) is 0 Å². The van der Waals surface area contributed by atoms with Crippen molar-refractivity contribution in [3.05, 3.63) is 88.0 Å². The van der Waals surface area contributed by atoms with Gasteiger partial charge in [-0.1, -0.05) is 23.8 Å². The third kappa shape index (κ3) is 6.00. The van der Waals surface area contributed by atoms with Gasteiger partial charge in [-0.05, 0) is 84.8 Å². The third-order valence-corrected chi connectivity index (χ3v) is 8.03. The minimum absolute atomic E-state index is 0.152. The number of nitrogens with zero attached hydrogens (tertiary/aromatic N) is 1. The van der Waals surface area contributed by atoms with Gasteiger partial charge in [0.2, 0.25) is 0 Å². The second-order valence-corrected chi connectivity index (χ2v) is 10.9. The largest absolute Gasteiger partial charge is 0.496 e. The Balaban J connectivity index is 1.59. The number of hydrogen-bond donors (Lipinski definition) is 2. The van der Waals surface area contributed by atoms with Crippen molar-refractivity contribution in [2.75, 3.05) is 7.11 Å². The van der Waals surface area contributed by atoms with E-state index in [2.05, 4.69) is 5.32 Å². The number of carbonyl (C=O) groups excluding carboxylic acids is 1. The standard InChI is InChI=1S/C31H28F6N2O4/c1-16-11-18(14-20(12-16)31(35,36)37)28-25-8-7-24(39(25)29(42)38-28)22-15-19(30(32,33)34)5-6-21(22)23-13-17(4-10-27(40)41)3-9-26(23)43-2/h3,5-6,9,11-15,24-25,28H,4,7-8,10H2,1-2H3,(H,38,42)(H,40,41)/t24-,25-,28+/m0/s1. The number of fused-ring (bicyclic) bond motifs is 1. The Labute approximate surface area is 243 Å². The summed E-state index contributed by atoms with van der Waals surface area (Å²) in [5.41, 5.74) is 0.517. The fraction of sp³-hybridized carbons (Fsp3) is 0.355. The summed E-state index contributed by atoms with van der Waals surface area (Å²) in [6, 6.07) is 9.01. The van der Waals surface area contributed by atoms with Gasteiger partial charge >= 0.3 is 24.4 Å². The fourth-order valence-corrected chi connectivity index (χ4v) is 6.16. The van der Waals surface area contributed by atoms with Gasteiger partial charge in [-0.3, -0.25) is 4.79 Å². The lowest BCUT2D eigenvalue weighted by Crippen LogP contribution is -2.32. The predicted octanol–water partition coefficient (Wildman–Crippen LogP) is 7.70. The smallest absolute Gasteiger partial charge is 0.416 e. The summed E-state index contributed by atoms with van der Waals surface area (Å²) in [6.45, 7) is 1.53. The SMILES string of the molecule is COc1ccc(CCC(=O)O)cc1-c1ccc(C(F)(F)F)cc1[C@@H]1CC[C@H]2[C@@H](c3cc(C)cc(C(F)(F)F)c3)NC(=O)N12. The van der Waals surface area contributed by atoms with Gasteiger partial charge in [0.25, 0.3) is 0 Å². The summed E-state index contributed by atoms with van der Waals surface area (Å²) in [6.07, 6.45) is -8.62. The van der Waals surface area contributed by atoms with E-state index < -0.39 is 53.6 Å². The van der Waals surface area contributed by atoms with Gasteiger partial charge in [0, 0.05) is 12.0 Å². The van der Waals surface area contributed by atoms with E-state index in [-0.39, 0.29) is 30.4 Å². The van der Waals surface area contributed by atoms with Gasteiger partial charge in [-0.25, -0.2) is 4.79 Å². The highest BCUT2D eigenvalue weighted by molar-refractivity contribution is 5.81. The molecular formula is C31H28F6N2O4. The van der Waals surface area contributed by atoms with Gasteiger partial charge in [0.05, 0.1) is 36.4 Å². The zero-order valence-corrected chi connectivity index (χ0v) is 23.1. The van der Waals surface area contributed by atoms with Crippen LogP contribution < -0.4 is 10.1 Å². The number of aliphatic carboxylic acids is 1. The number of amides is 2. The van der Waals surface area contributed by atoms with Crippen molar-refractivity contribution in [2.45, 2.75) is 63.1 Å². The maximum atomic E-state index is 13.9. The lowest BCUT2D eigenvalue weighted by Gasteiger charge is -2.27. The minimum atomic E-state index is -4.68.